The minimum absolute atomic E-state index is 0.152. The van der Waals surface area contributed by atoms with Crippen molar-refractivity contribution < 1.29 is 13.6 Å². The van der Waals surface area contributed by atoms with E-state index in [1.165, 1.54) is 11.0 Å². The van der Waals surface area contributed by atoms with Gasteiger partial charge in [-0.25, -0.2) is 13.6 Å². The van der Waals surface area contributed by atoms with Gasteiger partial charge in [0.1, 0.15) is 0 Å². The molecular weight excluding hydrogens is 340 g/mol. The maximum absolute atomic E-state index is 13.3. The highest BCUT2D eigenvalue weighted by atomic mass is 19.2. The van der Waals surface area contributed by atoms with Crippen LogP contribution in [0.3, 0.4) is 0 Å². The molecular formula is C19H17F2N3O2. The number of aromatic amines is 1. The van der Waals surface area contributed by atoms with Gasteiger partial charge in [0.25, 0.3) is 5.56 Å². The molecule has 5 nitrogen and oxygen atoms in total. The van der Waals surface area contributed by atoms with E-state index < -0.39 is 17.7 Å². The zero-order chi connectivity index (χ0) is 18.8. The maximum atomic E-state index is 13.3. The predicted octanol–water partition coefficient (Wildman–Crippen LogP) is 4.03. The predicted molar refractivity (Wildman–Crippen MR) is 96.1 cm³/mol. The van der Waals surface area contributed by atoms with Crippen molar-refractivity contribution in [3.8, 4) is 0 Å². The van der Waals surface area contributed by atoms with E-state index >= 15 is 0 Å². The Kier molecular flexibility index (Phi) is 4.71. The number of amides is 2. The summed E-state index contributed by atoms with van der Waals surface area (Å²) in [6.07, 6.45) is 1.58. The molecule has 7 heteroatoms. The molecule has 26 heavy (non-hydrogen) atoms. The number of benzene rings is 2. The van der Waals surface area contributed by atoms with E-state index in [0.29, 0.717) is 5.39 Å². The van der Waals surface area contributed by atoms with Crippen LogP contribution >= 0.6 is 0 Å². The molecule has 0 saturated heterocycles. The number of anilines is 1. The number of fused-ring (bicyclic) bond motifs is 1. The van der Waals surface area contributed by atoms with Gasteiger partial charge in [-0.2, -0.15) is 0 Å². The first-order valence-corrected chi connectivity index (χ1v) is 7.97. The maximum Gasteiger partial charge on any atom is 0.322 e. The summed E-state index contributed by atoms with van der Waals surface area (Å²) in [4.78, 5) is 28.5. The van der Waals surface area contributed by atoms with Gasteiger partial charge in [-0.1, -0.05) is 18.2 Å². The second kappa shape index (κ2) is 6.95. The smallest absolute Gasteiger partial charge is 0.322 e. The molecule has 1 heterocycles. The fraction of sp³-hybridized carbons (Fsp3) is 0.158. The number of pyridine rings is 1. The third-order valence-electron chi connectivity index (χ3n) is 4.36. The van der Waals surface area contributed by atoms with Crippen molar-refractivity contribution in [2.75, 3.05) is 12.4 Å². The van der Waals surface area contributed by atoms with Crippen LogP contribution in [0.15, 0.2) is 53.5 Å². The van der Waals surface area contributed by atoms with Gasteiger partial charge in [-0.05, 0) is 36.1 Å². The molecule has 0 radical (unpaired) electrons. The Balaban J connectivity index is 1.86. The van der Waals surface area contributed by atoms with Crippen molar-refractivity contribution in [2.24, 2.45) is 0 Å². The topological polar surface area (TPSA) is 65.2 Å². The van der Waals surface area contributed by atoms with Gasteiger partial charge < -0.3 is 15.2 Å². The molecule has 2 aromatic carbocycles. The van der Waals surface area contributed by atoms with Crippen molar-refractivity contribution in [3.63, 3.8) is 0 Å². The molecule has 2 N–H and O–H groups in total. The largest absolute Gasteiger partial charge is 0.328 e. The number of carbonyl (C=O) groups excluding carboxylic acids is 1. The van der Waals surface area contributed by atoms with Gasteiger partial charge in [-0.15, -0.1) is 0 Å². The Morgan fingerprint density at radius 2 is 1.81 bits per heavy atom. The van der Waals surface area contributed by atoms with Crippen LogP contribution in [-0.2, 0) is 0 Å². The van der Waals surface area contributed by atoms with Crippen LogP contribution in [0.4, 0.5) is 19.3 Å². The number of halogens is 2. The van der Waals surface area contributed by atoms with Crippen LogP contribution in [0.1, 0.15) is 18.5 Å². The standard InChI is InChI=1S/C19H17F2N3O2/c1-11(15-10-22-18(25)14-6-4-3-5-13(14)15)24(2)19(26)23-12-7-8-16(20)17(21)9-12/h3-11H,1-2H3,(H,22,25)(H,23,26)/t11-/m0/s1. The lowest BCUT2D eigenvalue weighted by atomic mass is 10.0. The Labute approximate surface area is 148 Å². The van der Waals surface area contributed by atoms with Gasteiger partial charge in [0.2, 0.25) is 0 Å². The molecule has 0 aliphatic rings. The second-order valence-corrected chi connectivity index (χ2v) is 5.96. The van der Waals surface area contributed by atoms with Gasteiger partial charge in [0.05, 0.1) is 6.04 Å². The van der Waals surface area contributed by atoms with Crippen molar-refractivity contribution in [1.29, 1.82) is 0 Å². The number of urea groups is 1. The highest BCUT2D eigenvalue weighted by Crippen LogP contribution is 2.25. The highest BCUT2D eigenvalue weighted by molar-refractivity contribution is 5.90. The lowest BCUT2D eigenvalue weighted by Gasteiger charge is -2.26. The van der Waals surface area contributed by atoms with Gasteiger partial charge in [0.15, 0.2) is 11.6 Å². The van der Waals surface area contributed by atoms with E-state index in [9.17, 15) is 18.4 Å². The Hall–Kier alpha value is -3.22. The molecule has 3 rings (SSSR count). The summed E-state index contributed by atoms with van der Waals surface area (Å²) >= 11 is 0. The molecule has 1 atom stereocenters. The highest BCUT2D eigenvalue weighted by Gasteiger charge is 2.20. The van der Waals surface area contributed by atoms with Crippen LogP contribution in [0.25, 0.3) is 10.8 Å². The van der Waals surface area contributed by atoms with E-state index in [4.69, 9.17) is 0 Å². The van der Waals surface area contributed by atoms with Crippen molar-refractivity contribution in [3.05, 3.63) is 76.2 Å². The third kappa shape index (κ3) is 3.28. The lowest BCUT2D eigenvalue weighted by Crippen LogP contribution is -2.34. The molecule has 0 spiro atoms. The molecule has 2 amide bonds. The molecule has 0 saturated carbocycles. The van der Waals surface area contributed by atoms with E-state index in [0.717, 1.165) is 23.1 Å². The first-order valence-electron chi connectivity index (χ1n) is 7.97. The average molecular weight is 357 g/mol. The SMILES string of the molecule is C[C@@H](c1c[nH]c(=O)c2ccccc12)N(C)C(=O)Nc1ccc(F)c(F)c1. The van der Waals surface area contributed by atoms with Gasteiger partial charge >= 0.3 is 6.03 Å². The monoisotopic (exact) mass is 357 g/mol. The van der Waals surface area contributed by atoms with Crippen LogP contribution in [0.2, 0.25) is 0 Å². The number of H-pyrrole nitrogens is 1. The number of nitrogens with one attached hydrogen (secondary N) is 2. The van der Waals surface area contributed by atoms with Crippen molar-refractivity contribution in [2.45, 2.75) is 13.0 Å². The molecule has 0 aliphatic heterocycles. The minimum Gasteiger partial charge on any atom is -0.328 e. The molecule has 0 aliphatic carbocycles. The summed E-state index contributed by atoms with van der Waals surface area (Å²) < 4.78 is 26.3. The van der Waals surface area contributed by atoms with Crippen molar-refractivity contribution >= 4 is 22.5 Å². The third-order valence-corrected chi connectivity index (χ3v) is 4.36. The summed E-state index contributed by atoms with van der Waals surface area (Å²) in [5, 5.41) is 3.81. The Morgan fingerprint density at radius 1 is 1.12 bits per heavy atom. The zero-order valence-electron chi connectivity index (χ0n) is 14.2. The summed E-state index contributed by atoms with van der Waals surface area (Å²) in [5.74, 6) is -2.02. The van der Waals surface area contributed by atoms with Crippen LogP contribution in [0, 0.1) is 11.6 Å². The van der Waals surface area contributed by atoms with Crippen molar-refractivity contribution in [1.82, 2.24) is 9.88 Å². The number of nitrogens with zero attached hydrogens (tertiary/aromatic N) is 1. The molecule has 0 bridgehead atoms. The number of aromatic nitrogens is 1. The molecule has 3 aromatic rings. The van der Waals surface area contributed by atoms with E-state index in [2.05, 4.69) is 10.3 Å². The minimum atomic E-state index is -1.04. The normalized spacial score (nSPS) is 12.0. The summed E-state index contributed by atoms with van der Waals surface area (Å²) in [6.45, 7) is 1.81. The molecule has 1 aromatic heterocycles. The second-order valence-electron chi connectivity index (χ2n) is 5.96. The van der Waals surface area contributed by atoms with Crippen LogP contribution in [0.5, 0.6) is 0 Å². The molecule has 0 fully saturated rings. The van der Waals surface area contributed by atoms with E-state index in [1.54, 1.807) is 25.4 Å². The lowest BCUT2D eigenvalue weighted by molar-refractivity contribution is 0.208. The number of carbonyl (C=O) groups is 1. The van der Waals surface area contributed by atoms with E-state index in [1.807, 2.05) is 19.1 Å². The van der Waals surface area contributed by atoms with E-state index in [-0.39, 0.29) is 17.3 Å². The quantitative estimate of drug-likeness (QED) is 0.743. The first-order chi connectivity index (χ1) is 12.4. The fourth-order valence-electron chi connectivity index (χ4n) is 2.75. The summed E-state index contributed by atoms with van der Waals surface area (Å²) in [7, 11) is 1.58. The van der Waals surface area contributed by atoms with Crippen LogP contribution < -0.4 is 10.9 Å². The number of hydrogen-bond acceptors (Lipinski definition) is 2. The molecule has 0 unspecified atom stereocenters. The molecule has 134 valence electrons. The number of hydrogen-bond donors (Lipinski definition) is 2. The first kappa shape index (κ1) is 17.6. The fourth-order valence-corrected chi connectivity index (χ4v) is 2.75. The van der Waals surface area contributed by atoms with Gasteiger partial charge in [-0.3, -0.25) is 4.79 Å². The Morgan fingerprint density at radius 3 is 2.50 bits per heavy atom. The number of rotatable bonds is 3. The average Bonchev–Trinajstić information content (AvgIpc) is 2.64. The Bertz CT molecular complexity index is 1030. The van der Waals surface area contributed by atoms with Gasteiger partial charge in [0, 0.05) is 30.4 Å². The summed E-state index contributed by atoms with van der Waals surface area (Å²) in [5.41, 5.74) is 0.716. The van der Waals surface area contributed by atoms with Crippen LogP contribution in [-0.4, -0.2) is 23.0 Å². The zero-order valence-corrected chi connectivity index (χ0v) is 14.2. The summed E-state index contributed by atoms with van der Waals surface area (Å²) in [6, 6.07) is 9.41.